The van der Waals surface area contributed by atoms with Gasteiger partial charge in [-0.15, -0.1) is 0 Å². The number of amides is 1. The zero-order chi connectivity index (χ0) is 13.0. The summed E-state index contributed by atoms with van der Waals surface area (Å²) in [5.74, 6) is -0.320. The molecule has 2 heterocycles. The molecule has 18 heavy (non-hydrogen) atoms. The minimum Gasteiger partial charge on any atom is -0.349 e. The molecule has 1 aromatic heterocycles. The number of halogens is 1. The Hall–Kier alpha value is -1.49. The van der Waals surface area contributed by atoms with Crippen LogP contribution in [0.1, 0.15) is 30.1 Å². The van der Waals surface area contributed by atoms with E-state index < -0.39 is 5.82 Å². The van der Waals surface area contributed by atoms with Gasteiger partial charge in [-0.3, -0.25) is 9.78 Å². The number of carbonyl (C=O) groups is 1. The number of aromatic nitrogens is 1. The number of carbonyl (C=O) groups excluding carboxylic acids is 1. The Morgan fingerprint density at radius 3 is 3.11 bits per heavy atom. The van der Waals surface area contributed by atoms with Gasteiger partial charge in [-0.1, -0.05) is 0 Å². The van der Waals surface area contributed by atoms with Gasteiger partial charge in [0.05, 0.1) is 11.8 Å². The third-order valence-electron chi connectivity index (χ3n) is 3.37. The molecular formula is C13H18FN3O. The Labute approximate surface area is 106 Å². The Bertz CT molecular complexity index is 418. The number of rotatable bonds is 3. The minimum absolute atomic E-state index is 0.0774. The van der Waals surface area contributed by atoms with Crippen LogP contribution in [-0.4, -0.2) is 30.0 Å². The van der Waals surface area contributed by atoms with Crippen molar-refractivity contribution in [1.29, 1.82) is 0 Å². The lowest BCUT2D eigenvalue weighted by Gasteiger charge is -2.28. The highest BCUT2D eigenvalue weighted by atomic mass is 19.1. The second-order valence-corrected chi connectivity index (χ2v) is 4.76. The first-order chi connectivity index (χ1) is 8.66. The Morgan fingerprint density at radius 2 is 2.44 bits per heavy atom. The van der Waals surface area contributed by atoms with E-state index in [-0.39, 0.29) is 17.5 Å². The average molecular weight is 251 g/mol. The summed E-state index contributed by atoms with van der Waals surface area (Å²) in [7, 11) is 0. The first-order valence-corrected chi connectivity index (χ1v) is 6.29. The molecular weight excluding hydrogens is 233 g/mol. The van der Waals surface area contributed by atoms with Gasteiger partial charge in [0.2, 0.25) is 0 Å². The van der Waals surface area contributed by atoms with Crippen LogP contribution in [-0.2, 0) is 0 Å². The van der Waals surface area contributed by atoms with Crippen molar-refractivity contribution in [2.75, 3.05) is 13.1 Å². The number of hydrogen-bond acceptors (Lipinski definition) is 3. The molecule has 0 saturated carbocycles. The highest BCUT2D eigenvalue weighted by molar-refractivity contribution is 5.94. The first-order valence-electron chi connectivity index (χ1n) is 6.29. The van der Waals surface area contributed by atoms with Gasteiger partial charge < -0.3 is 10.6 Å². The number of hydrogen-bond donors (Lipinski definition) is 2. The number of piperidine rings is 1. The van der Waals surface area contributed by atoms with Crippen molar-refractivity contribution in [2.45, 2.75) is 25.8 Å². The maximum atomic E-state index is 13.0. The summed E-state index contributed by atoms with van der Waals surface area (Å²) in [6.45, 7) is 3.95. The summed E-state index contributed by atoms with van der Waals surface area (Å²) in [5, 5.41) is 6.22. The van der Waals surface area contributed by atoms with Crippen LogP contribution in [0.15, 0.2) is 18.5 Å². The van der Waals surface area contributed by atoms with E-state index in [1.54, 1.807) is 0 Å². The minimum atomic E-state index is -0.491. The van der Waals surface area contributed by atoms with Crippen LogP contribution in [0, 0.1) is 11.7 Å². The van der Waals surface area contributed by atoms with E-state index in [0.29, 0.717) is 5.92 Å². The summed E-state index contributed by atoms with van der Waals surface area (Å²) in [6, 6.07) is 1.28. The van der Waals surface area contributed by atoms with Crippen LogP contribution in [0.2, 0.25) is 0 Å². The molecule has 5 heteroatoms. The second-order valence-electron chi connectivity index (χ2n) is 4.76. The lowest BCUT2D eigenvalue weighted by molar-refractivity contribution is 0.0921. The Balaban J connectivity index is 1.94. The molecule has 0 aliphatic carbocycles. The summed E-state index contributed by atoms with van der Waals surface area (Å²) in [6.07, 6.45) is 4.71. The predicted molar refractivity (Wildman–Crippen MR) is 66.7 cm³/mol. The molecule has 0 radical (unpaired) electrons. The van der Waals surface area contributed by atoms with E-state index in [9.17, 15) is 9.18 Å². The fraction of sp³-hybridized carbons (Fsp3) is 0.538. The smallest absolute Gasteiger partial charge is 0.253 e. The molecule has 98 valence electrons. The summed E-state index contributed by atoms with van der Waals surface area (Å²) in [5.41, 5.74) is 0.269. The van der Waals surface area contributed by atoms with E-state index >= 15 is 0 Å². The molecule has 2 atom stereocenters. The van der Waals surface area contributed by atoms with Crippen molar-refractivity contribution in [3.63, 3.8) is 0 Å². The number of nitrogens with zero attached hydrogens (tertiary/aromatic N) is 1. The standard InChI is InChI=1S/C13H18FN3O/c1-9(10-3-2-4-15-6-10)17-13(18)11-5-12(14)8-16-7-11/h5,7-10,15H,2-4,6H2,1H3,(H,17,18). The van der Waals surface area contributed by atoms with Crippen LogP contribution in [0.4, 0.5) is 4.39 Å². The lowest BCUT2D eigenvalue weighted by Crippen LogP contribution is -2.44. The lowest BCUT2D eigenvalue weighted by atomic mass is 9.92. The third-order valence-corrected chi connectivity index (χ3v) is 3.37. The van der Waals surface area contributed by atoms with Crippen molar-refractivity contribution < 1.29 is 9.18 Å². The van der Waals surface area contributed by atoms with Crippen LogP contribution in [0.3, 0.4) is 0 Å². The molecule has 1 aromatic rings. The average Bonchev–Trinajstić information content (AvgIpc) is 2.39. The molecule has 0 aromatic carbocycles. The van der Waals surface area contributed by atoms with Crippen molar-refractivity contribution >= 4 is 5.91 Å². The molecule has 1 amide bonds. The van der Waals surface area contributed by atoms with E-state index in [1.165, 1.54) is 12.3 Å². The van der Waals surface area contributed by atoms with Gasteiger partial charge in [-0.25, -0.2) is 4.39 Å². The highest BCUT2D eigenvalue weighted by Crippen LogP contribution is 2.14. The van der Waals surface area contributed by atoms with E-state index in [4.69, 9.17) is 0 Å². The molecule has 4 nitrogen and oxygen atoms in total. The summed E-state index contributed by atoms with van der Waals surface area (Å²) < 4.78 is 13.0. The molecule has 1 aliphatic heterocycles. The van der Waals surface area contributed by atoms with Crippen LogP contribution in [0.5, 0.6) is 0 Å². The van der Waals surface area contributed by atoms with E-state index in [2.05, 4.69) is 15.6 Å². The Morgan fingerprint density at radius 1 is 1.61 bits per heavy atom. The van der Waals surface area contributed by atoms with Crippen LogP contribution >= 0.6 is 0 Å². The first kappa shape index (κ1) is 13.0. The van der Waals surface area contributed by atoms with Crippen molar-refractivity contribution in [1.82, 2.24) is 15.6 Å². The fourth-order valence-electron chi connectivity index (χ4n) is 2.25. The molecule has 1 aliphatic rings. The van der Waals surface area contributed by atoms with Gasteiger partial charge in [0.1, 0.15) is 5.82 Å². The quantitative estimate of drug-likeness (QED) is 0.852. The van der Waals surface area contributed by atoms with Crippen molar-refractivity contribution in [3.05, 3.63) is 29.8 Å². The monoisotopic (exact) mass is 251 g/mol. The largest absolute Gasteiger partial charge is 0.349 e. The molecule has 0 spiro atoms. The zero-order valence-electron chi connectivity index (χ0n) is 10.4. The van der Waals surface area contributed by atoms with Gasteiger partial charge in [-0.2, -0.15) is 0 Å². The molecule has 2 unspecified atom stereocenters. The molecule has 2 N–H and O–H groups in total. The maximum absolute atomic E-state index is 13.0. The van der Waals surface area contributed by atoms with Gasteiger partial charge in [0.15, 0.2) is 0 Å². The molecule has 1 saturated heterocycles. The van der Waals surface area contributed by atoms with Crippen LogP contribution < -0.4 is 10.6 Å². The molecule has 0 bridgehead atoms. The normalized spacial score (nSPS) is 21.3. The van der Waals surface area contributed by atoms with E-state index in [0.717, 1.165) is 32.1 Å². The topological polar surface area (TPSA) is 54.0 Å². The molecule has 2 rings (SSSR count). The van der Waals surface area contributed by atoms with Crippen molar-refractivity contribution in [3.8, 4) is 0 Å². The Kier molecular flexibility index (Phi) is 4.25. The third kappa shape index (κ3) is 3.26. The van der Waals surface area contributed by atoms with Crippen LogP contribution in [0.25, 0.3) is 0 Å². The SMILES string of the molecule is CC(NC(=O)c1cncc(F)c1)C1CCCNC1. The number of pyridine rings is 1. The highest BCUT2D eigenvalue weighted by Gasteiger charge is 2.21. The fourth-order valence-corrected chi connectivity index (χ4v) is 2.25. The second kappa shape index (κ2) is 5.91. The van der Waals surface area contributed by atoms with Gasteiger partial charge in [-0.05, 0) is 44.8 Å². The number of nitrogens with one attached hydrogen (secondary N) is 2. The van der Waals surface area contributed by atoms with Gasteiger partial charge in [0, 0.05) is 12.2 Å². The van der Waals surface area contributed by atoms with Crippen molar-refractivity contribution in [2.24, 2.45) is 5.92 Å². The van der Waals surface area contributed by atoms with Gasteiger partial charge in [0.25, 0.3) is 5.91 Å². The summed E-state index contributed by atoms with van der Waals surface area (Å²) >= 11 is 0. The zero-order valence-corrected chi connectivity index (χ0v) is 10.4. The predicted octanol–water partition coefficient (Wildman–Crippen LogP) is 1.34. The maximum Gasteiger partial charge on any atom is 0.253 e. The van der Waals surface area contributed by atoms with Gasteiger partial charge >= 0.3 is 0 Å². The van der Waals surface area contributed by atoms with E-state index in [1.807, 2.05) is 6.92 Å². The molecule has 1 fully saturated rings. The summed E-state index contributed by atoms with van der Waals surface area (Å²) in [4.78, 5) is 15.6.